The van der Waals surface area contributed by atoms with Gasteiger partial charge in [-0.25, -0.2) is 4.79 Å². The molecule has 0 atom stereocenters. The number of aliphatic carboxylic acids is 1. The van der Waals surface area contributed by atoms with Crippen molar-refractivity contribution in [3.05, 3.63) is 0 Å². The van der Waals surface area contributed by atoms with Crippen molar-refractivity contribution in [2.75, 3.05) is 13.1 Å². The molecule has 1 rings (SSSR count). The summed E-state index contributed by atoms with van der Waals surface area (Å²) in [6, 6.07) is -0.126. The number of amides is 2. The Hall–Kier alpha value is -1.26. The summed E-state index contributed by atoms with van der Waals surface area (Å²) < 4.78 is 0. The Kier molecular flexibility index (Phi) is 6.67. The second-order valence-electron chi connectivity index (χ2n) is 5.33. The molecule has 0 radical (unpaired) electrons. The lowest BCUT2D eigenvalue weighted by Gasteiger charge is -2.28. The van der Waals surface area contributed by atoms with Gasteiger partial charge in [0.05, 0.1) is 0 Å². The highest BCUT2D eigenvalue weighted by atomic mass is 16.4. The summed E-state index contributed by atoms with van der Waals surface area (Å²) in [5.74, 6) is -0.469. The predicted octanol–water partition coefficient (Wildman–Crippen LogP) is 2.46. The predicted molar refractivity (Wildman–Crippen MR) is 74.1 cm³/mol. The molecule has 2 amide bonds. The Morgan fingerprint density at radius 2 is 1.84 bits per heavy atom. The van der Waals surface area contributed by atoms with Gasteiger partial charge in [0, 0.05) is 12.6 Å². The molecule has 0 unspecified atom stereocenters. The van der Waals surface area contributed by atoms with E-state index in [0.717, 1.165) is 38.5 Å². The Morgan fingerprint density at radius 3 is 2.32 bits per heavy atom. The van der Waals surface area contributed by atoms with E-state index < -0.39 is 5.97 Å². The van der Waals surface area contributed by atoms with Crippen molar-refractivity contribution in [1.82, 2.24) is 10.2 Å². The van der Waals surface area contributed by atoms with E-state index in [-0.39, 0.29) is 18.6 Å². The topological polar surface area (TPSA) is 69.6 Å². The number of urea groups is 1. The van der Waals surface area contributed by atoms with Crippen LogP contribution in [0.15, 0.2) is 0 Å². The molecule has 19 heavy (non-hydrogen) atoms. The van der Waals surface area contributed by atoms with Gasteiger partial charge >= 0.3 is 12.0 Å². The average molecular weight is 270 g/mol. The monoisotopic (exact) mass is 270 g/mol. The summed E-state index contributed by atoms with van der Waals surface area (Å²) >= 11 is 0. The number of carbonyl (C=O) groups excluding carboxylic acids is 1. The molecule has 2 N–H and O–H groups in total. The minimum Gasteiger partial charge on any atom is -0.480 e. The van der Waals surface area contributed by atoms with E-state index in [1.807, 2.05) is 0 Å². The van der Waals surface area contributed by atoms with Crippen molar-refractivity contribution >= 4 is 12.0 Å². The number of nitrogens with zero attached hydrogens (tertiary/aromatic N) is 1. The van der Waals surface area contributed by atoms with E-state index in [1.54, 1.807) is 0 Å². The highest BCUT2D eigenvalue weighted by Gasteiger charge is 2.28. The smallest absolute Gasteiger partial charge is 0.323 e. The molecule has 1 saturated carbocycles. The molecule has 1 fully saturated rings. The van der Waals surface area contributed by atoms with Crippen molar-refractivity contribution in [3.8, 4) is 0 Å². The third-order valence-electron chi connectivity index (χ3n) is 4.03. The van der Waals surface area contributed by atoms with Crippen LogP contribution >= 0.6 is 0 Å². The first-order chi connectivity index (χ1) is 9.08. The molecular formula is C14H26N2O3. The highest BCUT2D eigenvalue weighted by molar-refractivity contribution is 5.80. The zero-order chi connectivity index (χ0) is 14.3. The first kappa shape index (κ1) is 15.8. The van der Waals surface area contributed by atoms with Gasteiger partial charge in [-0.05, 0) is 18.8 Å². The van der Waals surface area contributed by atoms with Crippen LogP contribution < -0.4 is 5.32 Å². The largest absolute Gasteiger partial charge is 0.480 e. The van der Waals surface area contributed by atoms with Crippen LogP contribution in [0.1, 0.15) is 52.4 Å². The average Bonchev–Trinajstić information content (AvgIpc) is 2.90. The first-order valence-corrected chi connectivity index (χ1v) is 7.34. The van der Waals surface area contributed by atoms with Gasteiger partial charge in [0.15, 0.2) is 0 Å². The number of nitrogens with one attached hydrogen (secondary N) is 1. The van der Waals surface area contributed by atoms with Crippen LogP contribution in [0, 0.1) is 5.92 Å². The minimum absolute atomic E-state index is 0.0952. The quantitative estimate of drug-likeness (QED) is 0.746. The van der Waals surface area contributed by atoms with Gasteiger partial charge in [-0.15, -0.1) is 0 Å². The number of hydrogen-bond donors (Lipinski definition) is 2. The maximum atomic E-state index is 12.2. The van der Waals surface area contributed by atoms with E-state index in [0.29, 0.717) is 12.5 Å². The summed E-state index contributed by atoms with van der Waals surface area (Å²) in [5, 5.41) is 11.8. The van der Waals surface area contributed by atoms with E-state index in [2.05, 4.69) is 19.2 Å². The molecular weight excluding hydrogens is 244 g/mol. The van der Waals surface area contributed by atoms with Gasteiger partial charge in [-0.2, -0.15) is 0 Å². The van der Waals surface area contributed by atoms with Crippen LogP contribution in [0.2, 0.25) is 0 Å². The van der Waals surface area contributed by atoms with Gasteiger partial charge < -0.3 is 15.3 Å². The molecule has 1 aliphatic carbocycles. The fourth-order valence-electron chi connectivity index (χ4n) is 2.64. The fraction of sp³-hybridized carbons (Fsp3) is 0.857. The van der Waals surface area contributed by atoms with Gasteiger partial charge in [-0.1, -0.05) is 39.5 Å². The van der Waals surface area contributed by atoms with E-state index >= 15 is 0 Å². The molecule has 0 aromatic heterocycles. The van der Waals surface area contributed by atoms with Crippen LogP contribution in [0.3, 0.4) is 0 Å². The Labute approximate surface area is 115 Å². The number of carboxylic acid groups (broad SMARTS) is 1. The molecule has 0 aromatic carbocycles. The van der Waals surface area contributed by atoms with Crippen molar-refractivity contribution in [3.63, 3.8) is 0 Å². The lowest BCUT2D eigenvalue weighted by molar-refractivity contribution is -0.138. The zero-order valence-electron chi connectivity index (χ0n) is 12.0. The standard InChI is InChI=1S/C14H26N2O3/c1-3-11(4-2)9-15-14(19)16(10-13(17)18)12-7-5-6-8-12/h11-12H,3-10H2,1-2H3,(H,15,19)(H,17,18). The van der Waals surface area contributed by atoms with Crippen molar-refractivity contribution in [2.24, 2.45) is 5.92 Å². The Morgan fingerprint density at radius 1 is 1.26 bits per heavy atom. The van der Waals surface area contributed by atoms with Gasteiger partial charge in [-0.3, -0.25) is 4.79 Å². The maximum absolute atomic E-state index is 12.2. The van der Waals surface area contributed by atoms with Gasteiger partial charge in [0.1, 0.15) is 6.54 Å². The molecule has 5 heteroatoms. The lowest BCUT2D eigenvalue weighted by atomic mass is 10.0. The van der Waals surface area contributed by atoms with E-state index in [4.69, 9.17) is 5.11 Å². The molecule has 0 aliphatic heterocycles. The SMILES string of the molecule is CCC(CC)CNC(=O)N(CC(=O)O)C1CCCC1. The van der Waals surface area contributed by atoms with E-state index in [9.17, 15) is 9.59 Å². The van der Waals surface area contributed by atoms with Crippen molar-refractivity contribution < 1.29 is 14.7 Å². The van der Waals surface area contributed by atoms with Gasteiger partial charge in [0.2, 0.25) is 0 Å². The number of carbonyl (C=O) groups is 2. The maximum Gasteiger partial charge on any atom is 0.323 e. The van der Waals surface area contributed by atoms with Gasteiger partial charge in [0.25, 0.3) is 0 Å². The third kappa shape index (κ3) is 5.09. The minimum atomic E-state index is -0.940. The molecule has 0 saturated heterocycles. The van der Waals surface area contributed by atoms with Crippen molar-refractivity contribution in [1.29, 1.82) is 0 Å². The molecule has 0 bridgehead atoms. The molecule has 1 aliphatic rings. The summed E-state index contributed by atoms with van der Waals surface area (Å²) in [4.78, 5) is 24.6. The first-order valence-electron chi connectivity index (χ1n) is 7.34. The number of hydrogen-bond acceptors (Lipinski definition) is 2. The van der Waals surface area contributed by atoms with Crippen LogP contribution in [-0.2, 0) is 4.79 Å². The summed E-state index contributed by atoms with van der Waals surface area (Å²) in [6.45, 7) is 4.65. The summed E-state index contributed by atoms with van der Waals surface area (Å²) in [7, 11) is 0. The molecule has 5 nitrogen and oxygen atoms in total. The van der Waals surface area contributed by atoms with Crippen LogP contribution in [0.4, 0.5) is 4.79 Å². The molecule has 0 heterocycles. The Bertz CT molecular complexity index is 297. The lowest BCUT2D eigenvalue weighted by Crippen LogP contribution is -2.48. The van der Waals surface area contributed by atoms with Crippen molar-refractivity contribution in [2.45, 2.75) is 58.4 Å². The Balaban J connectivity index is 2.53. The zero-order valence-corrected chi connectivity index (χ0v) is 12.0. The fourth-order valence-corrected chi connectivity index (χ4v) is 2.64. The van der Waals surface area contributed by atoms with Crippen LogP contribution in [-0.4, -0.2) is 41.1 Å². The molecule has 0 spiro atoms. The third-order valence-corrected chi connectivity index (χ3v) is 4.03. The second-order valence-corrected chi connectivity index (χ2v) is 5.33. The second kappa shape index (κ2) is 8.02. The summed E-state index contributed by atoms with van der Waals surface area (Å²) in [5.41, 5.74) is 0. The molecule has 0 aromatic rings. The van der Waals surface area contributed by atoms with E-state index in [1.165, 1.54) is 4.90 Å². The normalized spacial score (nSPS) is 15.7. The van der Waals surface area contributed by atoms with Crippen LogP contribution in [0.5, 0.6) is 0 Å². The van der Waals surface area contributed by atoms with Crippen LogP contribution in [0.25, 0.3) is 0 Å². The summed E-state index contributed by atoms with van der Waals surface area (Å²) in [6.07, 6.45) is 6.07. The number of rotatable bonds is 7. The number of carboxylic acids is 1. The highest BCUT2D eigenvalue weighted by Crippen LogP contribution is 2.23. The molecule has 110 valence electrons.